The first-order valence-corrected chi connectivity index (χ1v) is 9.40. The smallest absolute Gasteiger partial charge is 0.262 e. The number of benzene rings is 2. The molecule has 0 aliphatic rings. The molecule has 2 aromatic carbocycles. The number of nitrogens with zero attached hydrogens (tertiary/aromatic N) is 3. The molecule has 0 saturated heterocycles. The largest absolute Gasteiger partial charge is 0.493 e. The second-order valence-corrected chi connectivity index (χ2v) is 6.78. The normalized spacial score (nSPS) is 10.3. The van der Waals surface area contributed by atoms with Crippen LogP contribution in [0.25, 0.3) is 0 Å². The number of nitrogens with one attached hydrogen (secondary N) is 2. The highest BCUT2D eigenvalue weighted by molar-refractivity contribution is 5.92. The topological polar surface area (TPSA) is 88.6 Å². The molecule has 0 bridgehead atoms. The Morgan fingerprint density at radius 1 is 1.00 bits per heavy atom. The van der Waals surface area contributed by atoms with Crippen molar-refractivity contribution in [3.8, 4) is 11.5 Å². The van der Waals surface area contributed by atoms with Gasteiger partial charge in [0.25, 0.3) is 5.91 Å². The van der Waals surface area contributed by atoms with Crippen molar-refractivity contribution in [3.05, 3.63) is 60.3 Å². The summed E-state index contributed by atoms with van der Waals surface area (Å²) in [5, 5.41) is 5.98. The fourth-order valence-corrected chi connectivity index (χ4v) is 2.68. The quantitative estimate of drug-likeness (QED) is 0.589. The van der Waals surface area contributed by atoms with Crippen LogP contribution < -0.4 is 25.0 Å². The van der Waals surface area contributed by atoms with Crippen LogP contribution in [-0.2, 0) is 4.79 Å². The minimum absolute atomic E-state index is 0.120. The van der Waals surface area contributed by atoms with E-state index >= 15 is 0 Å². The maximum absolute atomic E-state index is 12.2. The van der Waals surface area contributed by atoms with Gasteiger partial charge in [-0.1, -0.05) is 12.1 Å². The van der Waals surface area contributed by atoms with Gasteiger partial charge in [0.15, 0.2) is 18.1 Å². The van der Waals surface area contributed by atoms with Gasteiger partial charge in [0.2, 0.25) is 5.95 Å². The Morgan fingerprint density at radius 2 is 1.67 bits per heavy atom. The number of hydrogen-bond donors (Lipinski definition) is 2. The number of carbonyl (C=O) groups excluding carboxylic acids is 1. The van der Waals surface area contributed by atoms with Gasteiger partial charge in [-0.3, -0.25) is 4.79 Å². The number of methoxy groups -OCH3 is 1. The van der Waals surface area contributed by atoms with E-state index in [0.29, 0.717) is 23.1 Å². The van der Waals surface area contributed by atoms with E-state index in [0.717, 1.165) is 17.2 Å². The Kier molecular flexibility index (Phi) is 6.69. The molecular formula is C22H25N5O3. The zero-order chi connectivity index (χ0) is 21.5. The highest BCUT2D eigenvalue weighted by Gasteiger charge is 2.08. The average Bonchev–Trinajstić information content (AvgIpc) is 2.73. The van der Waals surface area contributed by atoms with Crippen LogP contribution in [0.2, 0.25) is 0 Å². The molecule has 3 aromatic rings. The monoisotopic (exact) mass is 407 g/mol. The van der Waals surface area contributed by atoms with E-state index < -0.39 is 0 Å². The number of ether oxygens (including phenoxy) is 2. The van der Waals surface area contributed by atoms with E-state index in [4.69, 9.17) is 9.47 Å². The van der Waals surface area contributed by atoms with E-state index in [2.05, 4.69) is 20.6 Å². The highest BCUT2D eigenvalue weighted by atomic mass is 16.5. The Morgan fingerprint density at radius 3 is 2.33 bits per heavy atom. The molecule has 1 aromatic heterocycles. The molecule has 0 spiro atoms. The molecule has 0 fully saturated rings. The fraction of sp³-hybridized carbons (Fsp3) is 0.227. The molecule has 156 valence electrons. The first-order chi connectivity index (χ1) is 14.4. The lowest BCUT2D eigenvalue weighted by molar-refractivity contribution is -0.118. The van der Waals surface area contributed by atoms with Gasteiger partial charge < -0.3 is 25.0 Å². The first kappa shape index (κ1) is 20.9. The second kappa shape index (κ2) is 9.60. The molecule has 2 N–H and O–H groups in total. The minimum atomic E-state index is -0.265. The van der Waals surface area contributed by atoms with Gasteiger partial charge in [0, 0.05) is 37.2 Å². The zero-order valence-electron chi connectivity index (χ0n) is 17.5. The highest BCUT2D eigenvalue weighted by Crippen LogP contribution is 2.25. The van der Waals surface area contributed by atoms with Gasteiger partial charge in [0.1, 0.15) is 5.82 Å². The summed E-state index contributed by atoms with van der Waals surface area (Å²) in [5.74, 6) is 2.17. The van der Waals surface area contributed by atoms with Crippen LogP contribution in [0.3, 0.4) is 0 Å². The number of carbonyl (C=O) groups is 1. The second-order valence-electron chi connectivity index (χ2n) is 6.78. The van der Waals surface area contributed by atoms with Crippen molar-refractivity contribution in [3.63, 3.8) is 0 Å². The molecule has 0 aliphatic heterocycles. The maximum atomic E-state index is 12.2. The van der Waals surface area contributed by atoms with Crippen LogP contribution in [0.15, 0.2) is 54.6 Å². The summed E-state index contributed by atoms with van der Waals surface area (Å²) in [7, 11) is 5.42. The third kappa shape index (κ3) is 5.60. The molecule has 8 nitrogen and oxygen atoms in total. The van der Waals surface area contributed by atoms with Crippen molar-refractivity contribution in [2.75, 3.05) is 43.3 Å². The summed E-state index contributed by atoms with van der Waals surface area (Å²) in [4.78, 5) is 23.0. The number of aryl methyl sites for hydroxylation is 1. The molecule has 0 saturated carbocycles. The molecule has 1 heterocycles. The molecular weight excluding hydrogens is 382 g/mol. The third-order valence-corrected chi connectivity index (χ3v) is 4.15. The molecule has 1 amide bonds. The molecule has 8 heteroatoms. The molecule has 30 heavy (non-hydrogen) atoms. The van der Waals surface area contributed by atoms with Crippen LogP contribution in [0, 0.1) is 6.92 Å². The molecule has 0 atom stereocenters. The third-order valence-electron chi connectivity index (χ3n) is 4.15. The van der Waals surface area contributed by atoms with Crippen LogP contribution >= 0.6 is 0 Å². The summed E-state index contributed by atoms with van der Waals surface area (Å²) < 4.78 is 10.7. The fourth-order valence-electron chi connectivity index (χ4n) is 2.68. The number of amides is 1. The zero-order valence-corrected chi connectivity index (χ0v) is 17.5. The summed E-state index contributed by atoms with van der Waals surface area (Å²) in [5.41, 5.74) is 2.34. The van der Waals surface area contributed by atoms with Crippen molar-refractivity contribution in [1.29, 1.82) is 0 Å². The van der Waals surface area contributed by atoms with Crippen molar-refractivity contribution in [2.24, 2.45) is 0 Å². The first-order valence-electron chi connectivity index (χ1n) is 9.40. The SMILES string of the molecule is COc1ccccc1OCC(=O)Nc1ccc(Nc2nc(C)cc(N(C)C)n2)cc1. The number of hydrogen-bond acceptors (Lipinski definition) is 7. The van der Waals surface area contributed by atoms with Gasteiger partial charge in [-0.25, -0.2) is 4.98 Å². The lowest BCUT2D eigenvalue weighted by Crippen LogP contribution is -2.20. The van der Waals surface area contributed by atoms with Gasteiger partial charge >= 0.3 is 0 Å². The van der Waals surface area contributed by atoms with E-state index in [1.54, 1.807) is 31.4 Å². The van der Waals surface area contributed by atoms with Crippen LogP contribution in [0.4, 0.5) is 23.1 Å². The van der Waals surface area contributed by atoms with Gasteiger partial charge in [0.05, 0.1) is 7.11 Å². The van der Waals surface area contributed by atoms with Crippen LogP contribution in [-0.4, -0.2) is 43.7 Å². The van der Waals surface area contributed by atoms with E-state index in [1.807, 2.05) is 56.3 Å². The van der Waals surface area contributed by atoms with Gasteiger partial charge in [-0.2, -0.15) is 4.98 Å². The Labute approximate surface area is 175 Å². The van der Waals surface area contributed by atoms with Crippen molar-refractivity contribution in [2.45, 2.75) is 6.92 Å². The molecule has 3 rings (SSSR count). The van der Waals surface area contributed by atoms with Crippen molar-refractivity contribution in [1.82, 2.24) is 9.97 Å². The number of aromatic nitrogens is 2. The molecule has 0 unspecified atom stereocenters. The summed E-state index contributed by atoms with van der Waals surface area (Å²) in [6.45, 7) is 1.80. The lowest BCUT2D eigenvalue weighted by atomic mass is 10.3. The average molecular weight is 407 g/mol. The van der Waals surface area contributed by atoms with Crippen LogP contribution in [0.1, 0.15) is 5.69 Å². The van der Waals surface area contributed by atoms with Crippen molar-refractivity contribution >= 4 is 29.0 Å². The Hall–Kier alpha value is -3.81. The molecule has 0 aliphatic carbocycles. The summed E-state index contributed by atoms with van der Waals surface area (Å²) in [6, 6.07) is 16.4. The van der Waals surface area contributed by atoms with E-state index in [9.17, 15) is 4.79 Å². The van der Waals surface area contributed by atoms with E-state index in [1.165, 1.54) is 0 Å². The van der Waals surface area contributed by atoms with E-state index in [-0.39, 0.29) is 12.5 Å². The van der Waals surface area contributed by atoms with Gasteiger partial charge in [-0.15, -0.1) is 0 Å². The Bertz CT molecular complexity index is 1010. The predicted molar refractivity (Wildman–Crippen MR) is 118 cm³/mol. The number of rotatable bonds is 8. The predicted octanol–water partition coefficient (Wildman–Crippen LogP) is 3.62. The number of para-hydroxylation sites is 2. The Balaban J connectivity index is 1.57. The lowest BCUT2D eigenvalue weighted by Gasteiger charge is -2.14. The van der Waals surface area contributed by atoms with Crippen LogP contribution in [0.5, 0.6) is 11.5 Å². The maximum Gasteiger partial charge on any atom is 0.262 e. The summed E-state index contributed by atoms with van der Waals surface area (Å²) >= 11 is 0. The van der Waals surface area contributed by atoms with Gasteiger partial charge in [-0.05, 0) is 43.3 Å². The van der Waals surface area contributed by atoms with Crippen molar-refractivity contribution < 1.29 is 14.3 Å². The standard InChI is InChI=1S/C22H25N5O3/c1-15-13-20(27(2)3)26-22(23-15)25-17-11-9-16(10-12-17)24-21(28)14-30-19-8-6-5-7-18(19)29-4/h5-13H,14H2,1-4H3,(H,24,28)(H,23,25,26). The summed E-state index contributed by atoms with van der Waals surface area (Å²) in [6.07, 6.45) is 0. The number of anilines is 4. The molecule has 0 radical (unpaired) electrons. The minimum Gasteiger partial charge on any atom is -0.493 e.